The van der Waals surface area contributed by atoms with Crippen LogP contribution in [0.25, 0.3) is 0 Å². The van der Waals surface area contributed by atoms with Crippen LogP contribution < -0.4 is 5.32 Å². The van der Waals surface area contributed by atoms with Crippen molar-refractivity contribution in [2.24, 2.45) is 0 Å². The molecule has 2 rings (SSSR count). The van der Waals surface area contributed by atoms with Gasteiger partial charge in [0.1, 0.15) is 0 Å². The van der Waals surface area contributed by atoms with Crippen LogP contribution in [0.2, 0.25) is 0 Å². The molecule has 0 saturated carbocycles. The van der Waals surface area contributed by atoms with E-state index in [1.165, 1.54) is 18.4 Å². The van der Waals surface area contributed by atoms with Gasteiger partial charge in [0.15, 0.2) is 0 Å². The van der Waals surface area contributed by atoms with Crippen LogP contribution in [-0.4, -0.2) is 19.7 Å². The molecule has 0 aromatic heterocycles. The fourth-order valence-electron chi connectivity index (χ4n) is 2.06. The molecule has 1 saturated heterocycles. The number of benzene rings is 1. The van der Waals surface area contributed by atoms with E-state index in [2.05, 4.69) is 35.7 Å². The minimum Gasteiger partial charge on any atom is -0.376 e. The summed E-state index contributed by atoms with van der Waals surface area (Å²) >= 11 is 0. The summed E-state index contributed by atoms with van der Waals surface area (Å²) in [7, 11) is 0. The molecule has 0 amide bonds. The van der Waals surface area contributed by atoms with Gasteiger partial charge in [0, 0.05) is 0 Å². The molecule has 0 atom stereocenters. The normalized spacial score (nSPS) is 15.9. The molecular formula is C15H21NO. The monoisotopic (exact) mass is 231 g/mol. The van der Waals surface area contributed by atoms with Gasteiger partial charge in [-0.1, -0.05) is 42.0 Å². The van der Waals surface area contributed by atoms with E-state index in [0.29, 0.717) is 0 Å². The van der Waals surface area contributed by atoms with Crippen molar-refractivity contribution in [3.8, 4) is 0 Å². The van der Waals surface area contributed by atoms with Crippen molar-refractivity contribution in [2.75, 3.05) is 19.7 Å². The Kier molecular flexibility index (Phi) is 5.27. The molecule has 2 nitrogen and oxygen atoms in total. The van der Waals surface area contributed by atoms with Crippen molar-refractivity contribution < 1.29 is 4.74 Å². The second-order valence-electron chi connectivity index (χ2n) is 4.44. The third kappa shape index (κ3) is 4.72. The lowest BCUT2D eigenvalue weighted by atomic mass is 10.0. The molecule has 1 fully saturated rings. The highest BCUT2D eigenvalue weighted by Gasteiger charge is 2.02. The van der Waals surface area contributed by atoms with E-state index in [9.17, 15) is 0 Å². The Hall–Kier alpha value is -1.12. The van der Waals surface area contributed by atoms with Gasteiger partial charge in [0.05, 0.1) is 13.2 Å². The molecule has 17 heavy (non-hydrogen) atoms. The summed E-state index contributed by atoms with van der Waals surface area (Å²) in [5.41, 5.74) is 2.84. The Bertz CT molecular complexity index is 337. The number of rotatable bonds is 5. The summed E-state index contributed by atoms with van der Waals surface area (Å²) in [5, 5.41) is 3.37. The molecule has 1 heterocycles. The van der Waals surface area contributed by atoms with Crippen LogP contribution in [0.5, 0.6) is 0 Å². The van der Waals surface area contributed by atoms with Crippen molar-refractivity contribution in [2.45, 2.75) is 25.9 Å². The van der Waals surface area contributed by atoms with Crippen LogP contribution in [-0.2, 0) is 11.3 Å². The van der Waals surface area contributed by atoms with Gasteiger partial charge < -0.3 is 10.1 Å². The van der Waals surface area contributed by atoms with E-state index in [1.807, 2.05) is 6.07 Å². The summed E-state index contributed by atoms with van der Waals surface area (Å²) in [6.07, 6.45) is 5.81. The molecule has 0 aliphatic carbocycles. The first kappa shape index (κ1) is 12.3. The molecule has 0 bridgehead atoms. The molecule has 1 aromatic carbocycles. The molecule has 2 heteroatoms. The first-order valence-corrected chi connectivity index (χ1v) is 6.45. The third-order valence-electron chi connectivity index (χ3n) is 3.05. The highest BCUT2D eigenvalue weighted by Crippen LogP contribution is 2.10. The summed E-state index contributed by atoms with van der Waals surface area (Å²) < 4.78 is 5.65. The molecule has 1 N–H and O–H groups in total. The van der Waals surface area contributed by atoms with Crippen LogP contribution in [0, 0.1) is 0 Å². The van der Waals surface area contributed by atoms with E-state index in [1.54, 1.807) is 5.57 Å². The molecule has 0 spiro atoms. The zero-order valence-electron chi connectivity index (χ0n) is 10.3. The van der Waals surface area contributed by atoms with Crippen molar-refractivity contribution in [1.29, 1.82) is 0 Å². The summed E-state index contributed by atoms with van der Waals surface area (Å²) in [6, 6.07) is 10.3. The Morgan fingerprint density at radius 3 is 2.65 bits per heavy atom. The maximum atomic E-state index is 5.65. The van der Waals surface area contributed by atoms with Crippen molar-refractivity contribution in [3.63, 3.8) is 0 Å². The quantitative estimate of drug-likeness (QED) is 0.621. The van der Waals surface area contributed by atoms with Gasteiger partial charge in [-0.25, -0.2) is 0 Å². The highest BCUT2D eigenvalue weighted by atomic mass is 16.5. The van der Waals surface area contributed by atoms with Gasteiger partial charge in [-0.05, 0) is 37.9 Å². The van der Waals surface area contributed by atoms with E-state index in [-0.39, 0.29) is 0 Å². The Morgan fingerprint density at radius 2 is 1.88 bits per heavy atom. The smallest absolute Gasteiger partial charge is 0.0717 e. The van der Waals surface area contributed by atoms with Crippen molar-refractivity contribution in [3.05, 3.63) is 47.5 Å². The average Bonchev–Trinajstić information content (AvgIpc) is 2.41. The standard InChI is InChI=1S/C15H21NO/c1-2-5-15(6-3-1)13-17-12-4-7-14-8-10-16-11-9-14/h1-3,5-7,16H,4,8-13H2. The predicted octanol–water partition coefficient (Wildman–Crippen LogP) is 2.90. The predicted molar refractivity (Wildman–Crippen MR) is 70.9 cm³/mol. The average molecular weight is 231 g/mol. The van der Waals surface area contributed by atoms with Gasteiger partial charge in [-0.2, -0.15) is 0 Å². The lowest BCUT2D eigenvalue weighted by Gasteiger charge is -2.15. The van der Waals surface area contributed by atoms with Gasteiger partial charge in [0.25, 0.3) is 0 Å². The fourth-order valence-corrected chi connectivity index (χ4v) is 2.06. The molecule has 0 unspecified atom stereocenters. The van der Waals surface area contributed by atoms with E-state index >= 15 is 0 Å². The minimum absolute atomic E-state index is 0.728. The Morgan fingerprint density at radius 1 is 1.12 bits per heavy atom. The second kappa shape index (κ2) is 7.25. The van der Waals surface area contributed by atoms with Gasteiger partial charge in [-0.3, -0.25) is 0 Å². The zero-order valence-corrected chi connectivity index (χ0v) is 10.3. The first-order chi connectivity index (χ1) is 8.45. The topological polar surface area (TPSA) is 21.3 Å². The number of hydrogen-bond donors (Lipinski definition) is 1. The number of ether oxygens (including phenoxy) is 1. The molecule has 1 aliphatic heterocycles. The Balaban J connectivity index is 1.60. The van der Waals surface area contributed by atoms with Gasteiger partial charge >= 0.3 is 0 Å². The third-order valence-corrected chi connectivity index (χ3v) is 3.05. The fraction of sp³-hybridized carbons (Fsp3) is 0.467. The molecule has 92 valence electrons. The minimum atomic E-state index is 0.728. The van der Waals surface area contributed by atoms with Crippen LogP contribution >= 0.6 is 0 Å². The van der Waals surface area contributed by atoms with Crippen molar-refractivity contribution >= 4 is 0 Å². The van der Waals surface area contributed by atoms with Gasteiger partial charge in [-0.15, -0.1) is 0 Å². The van der Waals surface area contributed by atoms with E-state index in [0.717, 1.165) is 32.7 Å². The molecule has 0 radical (unpaired) electrons. The highest BCUT2D eigenvalue weighted by molar-refractivity contribution is 5.13. The summed E-state index contributed by atoms with van der Waals surface area (Å²) in [4.78, 5) is 0. The number of hydrogen-bond acceptors (Lipinski definition) is 2. The van der Waals surface area contributed by atoms with Crippen LogP contribution in [0.3, 0.4) is 0 Å². The zero-order chi connectivity index (χ0) is 11.8. The second-order valence-corrected chi connectivity index (χ2v) is 4.44. The maximum absolute atomic E-state index is 5.65. The lowest BCUT2D eigenvalue weighted by Crippen LogP contribution is -2.23. The molecule has 1 aliphatic rings. The maximum Gasteiger partial charge on any atom is 0.0717 e. The summed E-state index contributed by atoms with van der Waals surface area (Å²) in [5.74, 6) is 0. The van der Waals surface area contributed by atoms with Crippen LogP contribution in [0.15, 0.2) is 42.0 Å². The van der Waals surface area contributed by atoms with Crippen molar-refractivity contribution in [1.82, 2.24) is 5.32 Å². The van der Waals surface area contributed by atoms with Gasteiger partial charge in [0.2, 0.25) is 0 Å². The first-order valence-electron chi connectivity index (χ1n) is 6.45. The SMILES string of the molecule is C(CCOCc1ccccc1)=C1CCNCC1. The number of piperidine rings is 1. The van der Waals surface area contributed by atoms with Crippen LogP contribution in [0.1, 0.15) is 24.8 Å². The van der Waals surface area contributed by atoms with E-state index < -0.39 is 0 Å². The summed E-state index contributed by atoms with van der Waals surface area (Å²) in [6.45, 7) is 3.82. The largest absolute Gasteiger partial charge is 0.376 e. The molecule has 1 aromatic rings. The van der Waals surface area contributed by atoms with Crippen LogP contribution in [0.4, 0.5) is 0 Å². The molecular weight excluding hydrogens is 210 g/mol. The number of nitrogens with one attached hydrogen (secondary N) is 1. The Labute approximate surface area is 104 Å². The van der Waals surface area contributed by atoms with E-state index in [4.69, 9.17) is 4.74 Å². The lowest BCUT2D eigenvalue weighted by molar-refractivity contribution is 0.125.